The van der Waals surface area contributed by atoms with Gasteiger partial charge in [-0.2, -0.15) is 12.6 Å². The van der Waals surface area contributed by atoms with Gasteiger partial charge in [-0.1, -0.05) is 35.5 Å². The average Bonchev–Trinajstić information content (AvgIpc) is 2.62. The molecule has 0 radical (unpaired) electrons. The second kappa shape index (κ2) is 9.63. The van der Waals surface area contributed by atoms with Gasteiger partial charge in [0, 0.05) is 32.7 Å². The third kappa shape index (κ3) is 5.20. The van der Waals surface area contributed by atoms with Crippen molar-refractivity contribution in [3.8, 4) is 0 Å². The van der Waals surface area contributed by atoms with Gasteiger partial charge in [0.15, 0.2) is 5.71 Å². The van der Waals surface area contributed by atoms with Crippen molar-refractivity contribution >= 4 is 24.3 Å². The number of aliphatic hydroxyl groups is 1. The Bertz CT molecular complexity index is 548. The third-order valence-corrected chi connectivity index (χ3v) is 4.46. The maximum absolute atomic E-state index is 11.8. The fourth-order valence-electron chi connectivity index (χ4n) is 2.59. The van der Waals surface area contributed by atoms with Gasteiger partial charge in [0.05, 0.1) is 6.61 Å². The minimum absolute atomic E-state index is 0.136. The normalized spacial score (nSPS) is 18.3. The fourth-order valence-corrected chi connectivity index (χ4v) is 2.98. The number of hydrogen-bond acceptors (Lipinski definition) is 8. The molecule has 1 saturated heterocycles. The van der Waals surface area contributed by atoms with Gasteiger partial charge in [0.1, 0.15) is 12.0 Å². The first kappa shape index (κ1) is 18.7. The number of rotatable bonds is 7. The van der Waals surface area contributed by atoms with E-state index in [4.69, 9.17) is 15.1 Å². The molecule has 0 bridgehead atoms. The Labute approximate surface area is 146 Å². The quantitative estimate of drug-likeness (QED) is 0.217. The molecule has 1 heterocycles. The van der Waals surface area contributed by atoms with Crippen LogP contribution < -0.4 is 0 Å². The van der Waals surface area contributed by atoms with E-state index in [0.29, 0.717) is 13.1 Å². The van der Waals surface area contributed by atoms with Crippen LogP contribution in [0.15, 0.2) is 35.5 Å². The summed E-state index contributed by atoms with van der Waals surface area (Å²) in [4.78, 5) is 16.1. The van der Waals surface area contributed by atoms with E-state index >= 15 is 0 Å². The van der Waals surface area contributed by atoms with E-state index in [1.807, 2.05) is 23.1 Å². The van der Waals surface area contributed by atoms with Crippen LogP contribution in [-0.2, 0) is 16.1 Å². The summed E-state index contributed by atoms with van der Waals surface area (Å²) < 4.78 is 4.79. The van der Waals surface area contributed by atoms with Crippen molar-refractivity contribution in [3.63, 3.8) is 0 Å². The van der Waals surface area contributed by atoms with Gasteiger partial charge < -0.3 is 15.1 Å². The summed E-state index contributed by atoms with van der Waals surface area (Å²) in [5.74, 6) is -0.765. The topological polar surface area (TPSA) is 85.6 Å². The van der Waals surface area contributed by atoms with E-state index in [0.717, 1.165) is 19.6 Å². The van der Waals surface area contributed by atoms with Crippen LogP contribution in [0, 0.1) is 0 Å². The van der Waals surface area contributed by atoms with Crippen molar-refractivity contribution in [2.24, 2.45) is 5.16 Å². The molecule has 0 aromatic heterocycles. The van der Waals surface area contributed by atoms with Crippen molar-refractivity contribution < 1.29 is 19.8 Å². The number of ether oxygens (including phenoxy) is 1. The maximum atomic E-state index is 11.8. The summed E-state index contributed by atoms with van der Waals surface area (Å²) in [5, 5.41) is 20.2. The summed E-state index contributed by atoms with van der Waals surface area (Å²) in [6.07, 6.45) is 0. The molecular weight excluding hydrogens is 330 g/mol. The van der Waals surface area contributed by atoms with E-state index in [-0.39, 0.29) is 18.9 Å². The van der Waals surface area contributed by atoms with E-state index in [2.05, 4.69) is 34.8 Å². The molecule has 1 aromatic rings. The van der Waals surface area contributed by atoms with Crippen LogP contribution in [0.1, 0.15) is 5.56 Å². The predicted molar refractivity (Wildman–Crippen MR) is 93.3 cm³/mol. The van der Waals surface area contributed by atoms with Crippen LogP contribution in [0.4, 0.5) is 0 Å². The Kier molecular flexibility index (Phi) is 7.51. The molecular formula is C16H23N3O4S. The van der Waals surface area contributed by atoms with E-state index in [9.17, 15) is 4.79 Å². The van der Waals surface area contributed by atoms with Crippen LogP contribution >= 0.6 is 12.6 Å². The summed E-state index contributed by atoms with van der Waals surface area (Å²) in [6.45, 7) is 3.53. The van der Waals surface area contributed by atoms with Crippen molar-refractivity contribution in [3.05, 3.63) is 35.9 Å². The zero-order chi connectivity index (χ0) is 17.4. The monoisotopic (exact) mass is 353 g/mol. The van der Waals surface area contributed by atoms with Crippen molar-refractivity contribution in [1.29, 1.82) is 0 Å². The van der Waals surface area contributed by atoms with Crippen molar-refractivity contribution in [2.45, 2.75) is 11.9 Å². The van der Waals surface area contributed by atoms with Crippen molar-refractivity contribution in [1.82, 2.24) is 9.80 Å². The number of piperazine rings is 1. The number of carbonyl (C=O) groups is 1. The zero-order valence-electron chi connectivity index (χ0n) is 13.4. The number of aliphatic hydroxyl groups excluding tert-OH is 1. The highest BCUT2D eigenvalue weighted by atomic mass is 32.1. The lowest BCUT2D eigenvalue weighted by Gasteiger charge is -2.37. The summed E-state index contributed by atoms with van der Waals surface area (Å²) in [6, 6.07) is 10.2. The van der Waals surface area contributed by atoms with Gasteiger partial charge in [-0.15, -0.1) is 0 Å². The highest BCUT2D eigenvalue weighted by molar-refractivity contribution is 7.82. The molecule has 1 aliphatic rings. The van der Waals surface area contributed by atoms with Crippen LogP contribution in [0.5, 0.6) is 0 Å². The standard InChI is InChI=1S/C16H23N3O4S/c20-10-11-23-16(21)14(17-22)15(24)19-8-6-18(7-9-19)12-13-4-2-1-3-5-13/h1-5,15,20,22,24H,6-12H2. The van der Waals surface area contributed by atoms with E-state index in [1.165, 1.54) is 5.56 Å². The zero-order valence-corrected chi connectivity index (χ0v) is 14.3. The molecule has 8 heteroatoms. The maximum Gasteiger partial charge on any atom is 0.358 e. The molecule has 0 saturated carbocycles. The smallest absolute Gasteiger partial charge is 0.358 e. The molecule has 24 heavy (non-hydrogen) atoms. The lowest BCUT2D eigenvalue weighted by atomic mass is 10.2. The number of nitrogens with zero attached hydrogens (tertiary/aromatic N) is 3. The predicted octanol–water partition coefficient (Wildman–Crippen LogP) is 0.426. The molecule has 7 nitrogen and oxygen atoms in total. The first-order chi connectivity index (χ1) is 11.7. The lowest BCUT2D eigenvalue weighted by molar-refractivity contribution is -0.136. The SMILES string of the molecule is O=C(OCCO)C(=NO)C(S)N1CCN(Cc2ccccc2)CC1. The largest absolute Gasteiger partial charge is 0.459 e. The molecule has 0 amide bonds. The number of benzene rings is 1. The van der Waals surface area contributed by atoms with Crippen LogP contribution in [0.25, 0.3) is 0 Å². The van der Waals surface area contributed by atoms with Gasteiger partial charge >= 0.3 is 5.97 Å². The minimum atomic E-state index is -0.765. The highest BCUT2D eigenvalue weighted by Crippen LogP contribution is 2.14. The average molecular weight is 353 g/mol. The number of oxime groups is 1. The van der Waals surface area contributed by atoms with Crippen molar-refractivity contribution in [2.75, 3.05) is 39.4 Å². The molecule has 1 atom stereocenters. The molecule has 2 rings (SSSR count). The summed E-state index contributed by atoms with van der Waals surface area (Å²) in [7, 11) is 0. The summed E-state index contributed by atoms with van der Waals surface area (Å²) >= 11 is 4.39. The highest BCUT2D eigenvalue weighted by Gasteiger charge is 2.30. The molecule has 2 N–H and O–H groups in total. The number of carbonyl (C=O) groups excluding carboxylic acids is 1. The first-order valence-electron chi connectivity index (χ1n) is 7.84. The van der Waals surface area contributed by atoms with Crippen LogP contribution in [0.2, 0.25) is 0 Å². The molecule has 1 fully saturated rings. The molecule has 0 spiro atoms. The second-order valence-electron chi connectivity index (χ2n) is 5.52. The van der Waals surface area contributed by atoms with Gasteiger partial charge in [0.25, 0.3) is 0 Å². The fraction of sp³-hybridized carbons (Fsp3) is 0.500. The molecule has 1 aromatic carbocycles. The molecule has 1 aliphatic heterocycles. The van der Waals surface area contributed by atoms with Gasteiger partial charge in [-0.25, -0.2) is 4.79 Å². The van der Waals surface area contributed by atoms with Gasteiger partial charge in [-0.3, -0.25) is 9.80 Å². The Hall–Kier alpha value is -1.61. The first-order valence-corrected chi connectivity index (χ1v) is 8.35. The lowest BCUT2D eigenvalue weighted by Crippen LogP contribution is -2.51. The van der Waals surface area contributed by atoms with Gasteiger partial charge in [-0.05, 0) is 5.56 Å². The Balaban J connectivity index is 1.85. The number of thiol groups is 1. The van der Waals surface area contributed by atoms with Gasteiger partial charge in [0.2, 0.25) is 0 Å². The number of esters is 1. The van der Waals surface area contributed by atoms with E-state index < -0.39 is 11.3 Å². The third-order valence-electron chi connectivity index (χ3n) is 3.89. The Morgan fingerprint density at radius 1 is 1.25 bits per heavy atom. The van der Waals surface area contributed by atoms with Crippen LogP contribution in [-0.4, -0.2) is 76.6 Å². The van der Waals surface area contributed by atoms with Crippen LogP contribution in [0.3, 0.4) is 0 Å². The number of hydrogen-bond donors (Lipinski definition) is 3. The summed E-state index contributed by atoms with van der Waals surface area (Å²) in [5.41, 5.74) is 1.10. The molecule has 132 valence electrons. The Morgan fingerprint density at radius 2 is 1.92 bits per heavy atom. The molecule has 1 unspecified atom stereocenters. The minimum Gasteiger partial charge on any atom is -0.459 e. The Morgan fingerprint density at radius 3 is 2.50 bits per heavy atom. The second-order valence-corrected chi connectivity index (χ2v) is 6.01. The van der Waals surface area contributed by atoms with E-state index in [1.54, 1.807) is 0 Å². The molecule has 0 aliphatic carbocycles.